The van der Waals surface area contributed by atoms with Crippen LogP contribution in [0.25, 0.3) is 0 Å². The van der Waals surface area contributed by atoms with Crippen LogP contribution in [-0.4, -0.2) is 17.3 Å². The highest BCUT2D eigenvalue weighted by Gasteiger charge is 2.25. The molecular formula is C13H18ClNO3S. The van der Waals surface area contributed by atoms with Crippen LogP contribution in [0.3, 0.4) is 0 Å². The van der Waals surface area contributed by atoms with Gasteiger partial charge in [-0.25, -0.2) is 0 Å². The third kappa shape index (κ3) is 4.01. The summed E-state index contributed by atoms with van der Waals surface area (Å²) in [5.41, 5.74) is -0.0855. The lowest BCUT2D eigenvalue weighted by molar-refractivity contribution is -0.384. The fraction of sp³-hybridized carbons (Fsp3) is 0.538. The van der Waals surface area contributed by atoms with Crippen LogP contribution in [0.4, 0.5) is 5.69 Å². The molecule has 0 aromatic heterocycles. The van der Waals surface area contributed by atoms with Gasteiger partial charge in [0.15, 0.2) is 0 Å². The molecule has 1 aromatic rings. The van der Waals surface area contributed by atoms with Crippen molar-refractivity contribution in [1.29, 1.82) is 0 Å². The fourth-order valence-electron chi connectivity index (χ4n) is 1.69. The van der Waals surface area contributed by atoms with Gasteiger partial charge in [-0.05, 0) is 24.7 Å². The van der Waals surface area contributed by atoms with Gasteiger partial charge in [-0.2, -0.15) is 12.6 Å². The second-order valence-electron chi connectivity index (χ2n) is 4.52. The van der Waals surface area contributed by atoms with Crippen LogP contribution in [0.15, 0.2) is 18.2 Å². The van der Waals surface area contributed by atoms with E-state index in [1.807, 2.05) is 0 Å². The molecule has 0 unspecified atom stereocenters. The average molecular weight is 304 g/mol. The minimum absolute atomic E-state index is 0.0252. The number of hydrogen-bond acceptors (Lipinski definition) is 4. The SMILES string of the molecule is CCC(CC)(CS)COc1ccc([N+](=O)[O-])c(Cl)c1. The van der Waals surface area contributed by atoms with Gasteiger partial charge in [-0.15, -0.1) is 0 Å². The summed E-state index contributed by atoms with van der Waals surface area (Å²) in [7, 11) is 0. The standard InChI is InChI=1S/C13H18ClNO3S/c1-3-13(4-2,9-19)8-18-10-5-6-12(15(16)17)11(14)7-10/h5-7,19H,3-4,8-9H2,1-2H3. The van der Waals surface area contributed by atoms with Crippen molar-refractivity contribution in [1.82, 2.24) is 0 Å². The average Bonchev–Trinajstić information content (AvgIpc) is 2.40. The molecule has 0 saturated carbocycles. The van der Waals surface area contributed by atoms with Crippen molar-refractivity contribution >= 4 is 29.9 Å². The quantitative estimate of drug-likeness (QED) is 0.462. The van der Waals surface area contributed by atoms with Gasteiger partial charge in [-0.1, -0.05) is 25.4 Å². The molecule has 0 heterocycles. The normalized spacial score (nSPS) is 11.4. The zero-order valence-electron chi connectivity index (χ0n) is 11.1. The van der Waals surface area contributed by atoms with E-state index in [4.69, 9.17) is 16.3 Å². The maximum absolute atomic E-state index is 10.7. The first kappa shape index (κ1) is 16.1. The van der Waals surface area contributed by atoms with Gasteiger partial charge < -0.3 is 4.74 Å². The first-order valence-corrected chi connectivity index (χ1v) is 7.16. The van der Waals surface area contributed by atoms with Crippen molar-refractivity contribution in [3.8, 4) is 5.75 Å². The van der Waals surface area contributed by atoms with Gasteiger partial charge in [0.1, 0.15) is 10.8 Å². The molecule has 1 aromatic carbocycles. The summed E-state index contributed by atoms with van der Waals surface area (Å²) in [6, 6.07) is 4.41. The second-order valence-corrected chi connectivity index (χ2v) is 5.25. The van der Waals surface area contributed by atoms with Crippen molar-refractivity contribution in [2.24, 2.45) is 5.41 Å². The number of thiol groups is 1. The molecular weight excluding hydrogens is 286 g/mol. The van der Waals surface area contributed by atoms with E-state index in [1.165, 1.54) is 12.1 Å². The number of benzene rings is 1. The number of rotatable bonds is 7. The van der Waals surface area contributed by atoms with E-state index in [-0.39, 0.29) is 16.1 Å². The number of halogens is 1. The monoisotopic (exact) mass is 303 g/mol. The molecule has 0 saturated heterocycles. The molecule has 0 aliphatic heterocycles. The maximum atomic E-state index is 10.7. The Bertz CT molecular complexity index is 441. The van der Waals surface area contributed by atoms with Gasteiger partial charge >= 0.3 is 0 Å². The molecule has 1 rings (SSSR count). The van der Waals surface area contributed by atoms with Gasteiger partial charge in [0.25, 0.3) is 5.69 Å². The number of hydrogen-bond donors (Lipinski definition) is 1. The molecule has 0 radical (unpaired) electrons. The van der Waals surface area contributed by atoms with Crippen molar-refractivity contribution in [3.63, 3.8) is 0 Å². The van der Waals surface area contributed by atoms with E-state index < -0.39 is 4.92 Å². The Kier molecular flexibility index (Phi) is 5.94. The summed E-state index contributed by atoms with van der Waals surface area (Å²) < 4.78 is 5.70. The molecule has 0 fully saturated rings. The highest BCUT2D eigenvalue weighted by atomic mass is 35.5. The van der Waals surface area contributed by atoms with Crippen LogP contribution in [0.2, 0.25) is 5.02 Å². The first-order valence-electron chi connectivity index (χ1n) is 6.15. The van der Waals surface area contributed by atoms with Crippen molar-refractivity contribution in [2.75, 3.05) is 12.4 Å². The molecule has 19 heavy (non-hydrogen) atoms. The number of nitro benzene ring substituents is 1. The zero-order chi connectivity index (χ0) is 14.5. The Labute approximate surface area is 123 Å². The van der Waals surface area contributed by atoms with Crippen LogP contribution in [-0.2, 0) is 0 Å². The van der Waals surface area contributed by atoms with Crippen LogP contribution < -0.4 is 4.74 Å². The minimum Gasteiger partial charge on any atom is -0.493 e. The van der Waals surface area contributed by atoms with Crippen LogP contribution in [0.5, 0.6) is 5.75 Å². The van der Waals surface area contributed by atoms with E-state index in [0.29, 0.717) is 12.4 Å². The van der Waals surface area contributed by atoms with E-state index in [9.17, 15) is 10.1 Å². The predicted octanol–water partition coefficient (Wildman–Crippen LogP) is 4.36. The van der Waals surface area contributed by atoms with Crippen LogP contribution in [0, 0.1) is 15.5 Å². The third-order valence-corrected chi connectivity index (χ3v) is 4.47. The van der Waals surface area contributed by atoms with Gasteiger partial charge in [0.2, 0.25) is 0 Å². The van der Waals surface area contributed by atoms with Crippen molar-refractivity contribution in [2.45, 2.75) is 26.7 Å². The van der Waals surface area contributed by atoms with Gasteiger partial charge in [0, 0.05) is 17.5 Å². The largest absolute Gasteiger partial charge is 0.493 e. The Morgan fingerprint density at radius 3 is 2.47 bits per heavy atom. The van der Waals surface area contributed by atoms with E-state index in [1.54, 1.807) is 6.07 Å². The van der Waals surface area contributed by atoms with Crippen molar-refractivity contribution in [3.05, 3.63) is 33.3 Å². The minimum atomic E-state index is -0.512. The number of nitro groups is 1. The van der Waals surface area contributed by atoms with Crippen molar-refractivity contribution < 1.29 is 9.66 Å². The molecule has 4 nitrogen and oxygen atoms in total. The zero-order valence-corrected chi connectivity index (χ0v) is 12.7. The first-order chi connectivity index (χ1) is 8.98. The lowest BCUT2D eigenvalue weighted by Crippen LogP contribution is -2.29. The predicted molar refractivity (Wildman–Crippen MR) is 80.5 cm³/mol. The van der Waals surface area contributed by atoms with E-state index >= 15 is 0 Å². The fourth-order valence-corrected chi connectivity index (χ4v) is 2.46. The smallest absolute Gasteiger partial charge is 0.288 e. The summed E-state index contributed by atoms with van der Waals surface area (Å²) in [6.45, 7) is 4.73. The Morgan fingerprint density at radius 1 is 1.42 bits per heavy atom. The maximum Gasteiger partial charge on any atom is 0.288 e. The van der Waals surface area contributed by atoms with Crippen LogP contribution >= 0.6 is 24.2 Å². The molecule has 0 amide bonds. The molecule has 106 valence electrons. The summed E-state index contributed by atoms with van der Waals surface area (Å²) in [4.78, 5) is 10.1. The number of nitrogens with zero attached hydrogens (tertiary/aromatic N) is 1. The molecule has 0 atom stereocenters. The molecule has 0 bridgehead atoms. The lowest BCUT2D eigenvalue weighted by Gasteiger charge is -2.29. The Balaban J connectivity index is 2.78. The second kappa shape index (κ2) is 7.01. The Hall–Kier alpha value is -0.940. The van der Waals surface area contributed by atoms with Crippen LogP contribution in [0.1, 0.15) is 26.7 Å². The molecule has 6 heteroatoms. The van der Waals surface area contributed by atoms with Gasteiger partial charge in [-0.3, -0.25) is 10.1 Å². The topological polar surface area (TPSA) is 52.4 Å². The summed E-state index contributed by atoms with van der Waals surface area (Å²) in [5, 5.41) is 10.7. The summed E-state index contributed by atoms with van der Waals surface area (Å²) in [6.07, 6.45) is 1.93. The van der Waals surface area contributed by atoms with Gasteiger partial charge in [0.05, 0.1) is 11.5 Å². The lowest BCUT2D eigenvalue weighted by atomic mass is 9.85. The molecule has 0 spiro atoms. The highest BCUT2D eigenvalue weighted by Crippen LogP contribution is 2.32. The molecule has 0 N–H and O–H groups in total. The molecule has 0 aliphatic rings. The number of ether oxygens (including phenoxy) is 1. The molecule has 0 aliphatic carbocycles. The summed E-state index contributed by atoms with van der Waals surface area (Å²) in [5.74, 6) is 1.28. The van der Waals surface area contributed by atoms with E-state index in [2.05, 4.69) is 26.5 Å². The van der Waals surface area contributed by atoms with E-state index in [0.717, 1.165) is 18.6 Å². The Morgan fingerprint density at radius 2 is 2.05 bits per heavy atom. The third-order valence-electron chi connectivity index (χ3n) is 3.50. The summed E-state index contributed by atoms with van der Waals surface area (Å²) >= 11 is 10.2. The highest BCUT2D eigenvalue weighted by molar-refractivity contribution is 7.80.